The van der Waals surface area contributed by atoms with Crippen molar-refractivity contribution >= 4 is 23.0 Å². The summed E-state index contributed by atoms with van der Waals surface area (Å²) in [5.74, 6) is -0.251. The lowest BCUT2D eigenvalue weighted by atomic mass is 10.1. The Hall–Kier alpha value is -3.22. The van der Waals surface area contributed by atoms with E-state index in [4.69, 9.17) is 27.8 Å². The molecule has 106 valence electrons. The van der Waals surface area contributed by atoms with Crippen molar-refractivity contribution in [3.63, 3.8) is 0 Å². The maximum absolute atomic E-state index is 7.63. The summed E-state index contributed by atoms with van der Waals surface area (Å²) in [6, 6.07) is 13.8. The Labute approximate surface area is 121 Å². The zero-order valence-electron chi connectivity index (χ0n) is 11.2. The van der Waals surface area contributed by atoms with Crippen LogP contribution in [0.5, 0.6) is 0 Å². The van der Waals surface area contributed by atoms with Crippen LogP contribution in [0, 0.1) is 16.3 Å². The first-order valence-corrected chi connectivity index (χ1v) is 6.10. The third-order valence-electron chi connectivity index (χ3n) is 2.94. The summed E-state index contributed by atoms with van der Waals surface area (Å²) in [5, 5.41) is 20.0. The predicted molar refractivity (Wildman–Crippen MR) is 82.2 cm³/mol. The number of amidine groups is 2. The third kappa shape index (κ3) is 2.71. The van der Waals surface area contributed by atoms with Gasteiger partial charge in [-0.05, 0) is 24.3 Å². The number of nitrogens with one attached hydrogen (secondary N) is 3. The van der Waals surface area contributed by atoms with Crippen LogP contribution < -0.4 is 16.5 Å². The van der Waals surface area contributed by atoms with Crippen molar-refractivity contribution in [3.05, 3.63) is 59.7 Å². The fourth-order valence-corrected chi connectivity index (χ4v) is 2.01. The molecule has 21 heavy (non-hydrogen) atoms. The summed E-state index contributed by atoms with van der Waals surface area (Å²) in [5.41, 5.74) is 20.4. The highest BCUT2D eigenvalue weighted by atomic mass is 15.5. The Morgan fingerprint density at radius 1 is 0.810 bits per heavy atom. The lowest BCUT2D eigenvalue weighted by Crippen LogP contribution is -2.21. The molecule has 0 bridgehead atoms. The first-order chi connectivity index (χ1) is 10.1. The second kappa shape index (κ2) is 5.83. The number of hydrogen-bond acceptors (Lipinski definition) is 4. The van der Waals surface area contributed by atoms with Crippen molar-refractivity contribution in [2.24, 2.45) is 16.7 Å². The molecule has 0 aliphatic carbocycles. The number of benzene rings is 2. The molecule has 2 rings (SSSR count). The number of nitrogen functional groups attached to an aromatic ring is 2. The summed E-state index contributed by atoms with van der Waals surface area (Å²) in [4.78, 5) is 0. The van der Waals surface area contributed by atoms with Gasteiger partial charge >= 0.3 is 0 Å². The molecule has 0 fully saturated rings. The molecule has 0 heterocycles. The van der Waals surface area contributed by atoms with E-state index in [2.05, 4.69) is 5.22 Å². The molecule has 0 amide bonds. The van der Waals surface area contributed by atoms with E-state index in [9.17, 15) is 0 Å². The number of anilines is 2. The SMILES string of the molecule is N=NN(c1ccccc1C(=N)N)c1ccccc1C(=N)N. The number of rotatable bonds is 5. The second-order valence-corrected chi connectivity index (χ2v) is 4.27. The van der Waals surface area contributed by atoms with Crippen LogP contribution in [-0.2, 0) is 0 Å². The van der Waals surface area contributed by atoms with Gasteiger partial charge in [0.25, 0.3) is 0 Å². The number of hydrogen-bond donors (Lipinski definition) is 5. The van der Waals surface area contributed by atoms with Gasteiger partial charge in [0.1, 0.15) is 11.7 Å². The molecule has 0 unspecified atom stereocenters. The van der Waals surface area contributed by atoms with Gasteiger partial charge in [-0.1, -0.05) is 29.5 Å². The molecular formula is C14H15N7. The van der Waals surface area contributed by atoms with Crippen molar-refractivity contribution in [1.29, 1.82) is 16.3 Å². The molecule has 0 aromatic heterocycles. The van der Waals surface area contributed by atoms with Crippen molar-refractivity contribution < 1.29 is 0 Å². The molecular weight excluding hydrogens is 266 g/mol. The van der Waals surface area contributed by atoms with E-state index in [1.54, 1.807) is 48.5 Å². The molecule has 2 aromatic carbocycles. The van der Waals surface area contributed by atoms with Crippen molar-refractivity contribution in [1.82, 2.24) is 0 Å². The van der Waals surface area contributed by atoms with Crippen LogP contribution in [0.15, 0.2) is 53.8 Å². The third-order valence-corrected chi connectivity index (χ3v) is 2.94. The summed E-state index contributed by atoms with van der Waals surface area (Å²) < 4.78 is 0. The van der Waals surface area contributed by atoms with Gasteiger partial charge < -0.3 is 11.5 Å². The number of para-hydroxylation sites is 2. The minimum Gasteiger partial charge on any atom is -0.384 e. The lowest BCUT2D eigenvalue weighted by Gasteiger charge is -2.22. The Morgan fingerprint density at radius 3 is 1.52 bits per heavy atom. The standard InChI is InChI=1S/C14H15N7/c15-13(16)9-5-1-3-7-11(9)21(20-19)12-8-4-2-6-10(12)14(17)18/h1-8,19H,(H3,15,16)(H3,17,18). The normalized spacial score (nSPS) is 9.90. The van der Waals surface area contributed by atoms with Gasteiger partial charge in [0.2, 0.25) is 0 Å². The molecule has 7 nitrogen and oxygen atoms in total. The van der Waals surface area contributed by atoms with Crippen molar-refractivity contribution in [2.75, 3.05) is 5.01 Å². The number of nitrogens with two attached hydrogens (primary N) is 2. The van der Waals surface area contributed by atoms with Crippen molar-refractivity contribution in [3.8, 4) is 0 Å². The maximum Gasteiger partial charge on any atom is 0.124 e. The van der Waals surface area contributed by atoms with Crippen LogP contribution >= 0.6 is 0 Å². The van der Waals surface area contributed by atoms with Crippen LogP contribution in [0.1, 0.15) is 11.1 Å². The number of nitrogens with zero attached hydrogens (tertiary/aromatic N) is 2. The summed E-state index contributed by atoms with van der Waals surface area (Å²) in [6.45, 7) is 0. The largest absolute Gasteiger partial charge is 0.384 e. The van der Waals surface area contributed by atoms with Gasteiger partial charge in [-0.25, -0.2) is 5.01 Å². The average Bonchev–Trinajstić information content (AvgIpc) is 2.48. The minimum atomic E-state index is -0.125. The summed E-state index contributed by atoms with van der Waals surface area (Å²) in [7, 11) is 0. The van der Waals surface area contributed by atoms with E-state index in [1.165, 1.54) is 5.01 Å². The van der Waals surface area contributed by atoms with Gasteiger partial charge in [0.05, 0.1) is 11.4 Å². The molecule has 0 aliphatic rings. The highest BCUT2D eigenvalue weighted by molar-refractivity contribution is 6.04. The average molecular weight is 281 g/mol. The van der Waals surface area contributed by atoms with E-state index in [1.807, 2.05) is 0 Å². The van der Waals surface area contributed by atoms with E-state index in [-0.39, 0.29) is 11.7 Å². The van der Waals surface area contributed by atoms with E-state index < -0.39 is 0 Å². The molecule has 2 aromatic rings. The molecule has 0 atom stereocenters. The smallest absolute Gasteiger partial charge is 0.124 e. The van der Waals surface area contributed by atoms with Crippen molar-refractivity contribution in [2.45, 2.75) is 0 Å². The fraction of sp³-hybridized carbons (Fsp3) is 0. The highest BCUT2D eigenvalue weighted by Gasteiger charge is 2.18. The first kappa shape index (κ1) is 14.2. The van der Waals surface area contributed by atoms with Gasteiger partial charge in [0.15, 0.2) is 0 Å². The Kier molecular flexibility index (Phi) is 3.94. The zero-order valence-corrected chi connectivity index (χ0v) is 11.2. The van der Waals surface area contributed by atoms with Gasteiger partial charge in [-0.2, -0.15) is 5.53 Å². The molecule has 0 spiro atoms. The topological polar surface area (TPSA) is 139 Å². The molecule has 0 saturated carbocycles. The highest BCUT2D eigenvalue weighted by Crippen LogP contribution is 2.31. The van der Waals surface area contributed by atoms with Crippen LogP contribution in [0.3, 0.4) is 0 Å². The molecule has 0 aliphatic heterocycles. The lowest BCUT2D eigenvalue weighted by molar-refractivity contribution is 0.918. The van der Waals surface area contributed by atoms with E-state index in [0.29, 0.717) is 22.5 Å². The van der Waals surface area contributed by atoms with Crippen LogP contribution in [0.4, 0.5) is 11.4 Å². The molecule has 0 radical (unpaired) electrons. The van der Waals surface area contributed by atoms with Gasteiger partial charge in [-0.3, -0.25) is 10.8 Å². The van der Waals surface area contributed by atoms with Gasteiger partial charge in [-0.15, -0.1) is 0 Å². The van der Waals surface area contributed by atoms with E-state index >= 15 is 0 Å². The van der Waals surface area contributed by atoms with Gasteiger partial charge in [0, 0.05) is 11.1 Å². The predicted octanol–water partition coefficient (Wildman–Crippen LogP) is 2.34. The minimum absolute atomic E-state index is 0.125. The summed E-state index contributed by atoms with van der Waals surface area (Å²) >= 11 is 0. The quantitative estimate of drug-likeness (QED) is 0.248. The molecule has 7 heteroatoms. The van der Waals surface area contributed by atoms with Crippen LogP contribution in [-0.4, -0.2) is 11.7 Å². The van der Waals surface area contributed by atoms with Crippen LogP contribution in [0.2, 0.25) is 0 Å². The maximum atomic E-state index is 7.63. The Morgan fingerprint density at radius 2 is 1.19 bits per heavy atom. The Balaban J connectivity index is 2.64. The second-order valence-electron chi connectivity index (χ2n) is 4.27. The fourth-order valence-electron chi connectivity index (χ4n) is 2.01. The van der Waals surface area contributed by atoms with Crippen LogP contribution in [0.25, 0.3) is 0 Å². The monoisotopic (exact) mass is 281 g/mol. The molecule has 0 saturated heterocycles. The first-order valence-electron chi connectivity index (χ1n) is 6.10. The molecule has 7 N–H and O–H groups in total. The Bertz CT molecular complexity index is 650. The van der Waals surface area contributed by atoms with E-state index in [0.717, 1.165) is 0 Å². The summed E-state index contributed by atoms with van der Waals surface area (Å²) in [6.07, 6.45) is 0. The zero-order chi connectivity index (χ0) is 15.4.